The van der Waals surface area contributed by atoms with Gasteiger partial charge in [0.1, 0.15) is 11.5 Å². The van der Waals surface area contributed by atoms with Crippen LogP contribution in [0.25, 0.3) is 0 Å². The van der Waals surface area contributed by atoms with E-state index in [1.165, 1.54) is 0 Å². The van der Waals surface area contributed by atoms with Crippen molar-refractivity contribution in [2.75, 3.05) is 38.2 Å². The van der Waals surface area contributed by atoms with Crippen LogP contribution in [0.5, 0.6) is 5.75 Å². The lowest BCUT2D eigenvalue weighted by Crippen LogP contribution is -2.48. The van der Waals surface area contributed by atoms with Gasteiger partial charge < -0.3 is 19.0 Å². The number of amides is 1. The molecule has 2 heterocycles. The molecule has 31 heavy (non-hydrogen) atoms. The lowest BCUT2D eigenvalue weighted by Gasteiger charge is -2.36. The van der Waals surface area contributed by atoms with Crippen molar-refractivity contribution in [1.82, 2.24) is 4.90 Å². The van der Waals surface area contributed by atoms with E-state index in [-0.39, 0.29) is 11.7 Å². The standard InChI is InChI=1S/C24H26N2O4S/c1-18-7-3-6-10-23(18)31(28)17-19-11-12-22(30-19)24(27)26-15-13-25(14-16-26)20-8-4-5-9-21(20)29-2/h3-12H,13-17H2,1-2H3/t31-/m0/s1. The van der Waals surface area contributed by atoms with E-state index < -0.39 is 10.8 Å². The van der Waals surface area contributed by atoms with E-state index in [1.54, 1.807) is 24.1 Å². The molecule has 2 aromatic carbocycles. The molecule has 1 amide bonds. The zero-order chi connectivity index (χ0) is 21.8. The maximum atomic E-state index is 12.9. The monoisotopic (exact) mass is 438 g/mol. The number of para-hydroxylation sites is 2. The van der Waals surface area contributed by atoms with Crippen LogP contribution in [0.15, 0.2) is 70.0 Å². The zero-order valence-electron chi connectivity index (χ0n) is 17.7. The fourth-order valence-electron chi connectivity index (χ4n) is 3.79. The van der Waals surface area contributed by atoms with Crippen LogP contribution in [-0.4, -0.2) is 48.3 Å². The first-order valence-corrected chi connectivity index (χ1v) is 11.6. The van der Waals surface area contributed by atoms with Gasteiger partial charge in [0.25, 0.3) is 5.91 Å². The first-order valence-electron chi connectivity index (χ1n) is 10.3. The second-order valence-corrected chi connectivity index (χ2v) is 8.89. The van der Waals surface area contributed by atoms with Crippen molar-refractivity contribution in [2.24, 2.45) is 0 Å². The molecule has 0 radical (unpaired) electrons. The van der Waals surface area contributed by atoms with Crippen LogP contribution in [-0.2, 0) is 16.6 Å². The SMILES string of the molecule is COc1ccccc1N1CCN(C(=O)c2ccc(C[S@](=O)c3ccccc3C)o2)CC1. The number of anilines is 1. The first-order chi connectivity index (χ1) is 15.1. The van der Waals surface area contributed by atoms with Crippen LogP contribution in [0.3, 0.4) is 0 Å². The predicted octanol–water partition coefficient (Wildman–Crippen LogP) is 3.87. The van der Waals surface area contributed by atoms with Gasteiger partial charge in [-0.3, -0.25) is 9.00 Å². The Morgan fingerprint density at radius 2 is 1.71 bits per heavy atom. The number of carbonyl (C=O) groups is 1. The van der Waals surface area contributed by atoms with Gasteiger partial charge >= 0.3 is 0 Å². The molecule has 7 heteroatoms. The molecule has 1 saturated heterocycles. The molecule has 1 fully saturated rings. The minimum absolute atomic E-state index is 0.132. The number of hydrogen-bond acceptors (Lipinski definition) is 5. The topological polar surface area (TPSA) is 63.0 Å². The molecule has 1 atom stereocenters. The number of ether oxygens (including phenoxy) is 1. The van der Waals surface area contributed by atoms with Gasteiger partial charge in [0.05, 0.1) is 29.3 Å². The highest BCUT2D eigenvalue weighted by molar-refractivity contribution is 7.84. The summed E-state index contributed by atoms with van der Waals surface area (Å²) in [7, 11) is 0.449. The van der Waals surface area contributed by atoms with Gasteiger partial charge in [-0.25, -0.2) is 0 Å². The van der Waals surface area contributed by atoms with Gasteiger partial charge in [-0.05, 0) is 42.8 Å². The molecule has 1 aliphatic heterocycles. The van der Waals surface area contributed by atoms with Crippen molar-refractivity contribution in [1.29, 1.82) is 0 Å². The summed E-state index contributed by atoms with van der Waals surface area (Å²) >= 11 is 0. The minimum Gasteiger partial charge on any atom is -0.495 e. The molecule has 0 saturated carbocycles. The molecular weight excluding hydrogens is 412 g/mol. The van der Waals surface area contributed by atoms with Crippen molar-refractivity contribution in [3.8, 4) is 5.75 Å². The molecule has 0 spiro atoms. The molecule has 0 unspecified atom stereocenters. The number of methoxy groups -OCH3 is 1. The van der Waals surface area contributed by atoms with Gasteiger partial charge in [-0.2, -0.15) is 0 Å². The van der Waals surface area contributed by atoms with E-state index in [4.69, 9.17) is 9.15 Å². The average molecular weight is 439 g/mol. The Morgan fingerprint density at radius 1 is 1.00 bits per heavy atom. The number of benzene rings is 2. The number of furan rings is 1. The van der Waals surface area contributed by atoms with Crippen LogP contribution in [0.4, 0.5) is 5.69 Å². The lowest BCUT2D eigenvalue weighted by atomic mass is 10.2. The number of carbonyl (C=O) groups excluding carboxylic acids is 1. The molecule has 3 aromatic rings. The number of piperazine rings is 1. The fraction of sp³-hybridized carbons (Fsp3) is 0.292. The Labute approximate surface area is 184 Å². The molecule has 6 nitrogen and oxygen atoms in total. The third kappa shape index (κ3) is 4.66. The molecule has 1 aliphatic rings. The molecule has 0 aliphatic carbocycles. The smallest absolute Gasteiger partial charge is 0.289 e. The largest absolute Gasteiger partial charge is 0.495 e. The fourth-order valence-corrected chi connectivity index (χ4v) is 5.01. The summed E-state index contributed by atoms with van der Waals surface area (Å²) in [6, 6.07) is 18.9. The maximum absolute atomic E-state index is 12.9. The number of rotatable bonds is 6. The Morgan fingerprint density at radius 3 is 2.45 bits per heavy atom. The minimum atomic E-state index is -1.22. The Kier molecular flexibility index (Phi) is 6.42. The quantitative estimate of drug-likeness (QED) is 0.585. The molecule has 1 aromatic heterocycles. The van der Waals surface area contributed by atoms with Crippen LogP contribution >= 0.6 is 0 Å². The third-order valence-corrected chi connectivity index (χ3v) is 6.97. The van der Waals surface area contributed by atoms with Crippen molar-refractivity contribution < 1.29 is 18.2 Å². The summed E-state index contributed by atoms with van der Waals surface area (Å²) in [5.74, 6) is 1.80. The third-order valence-electron chi connectivity index (χ3n) is 5.48. The van der Waals surface area contributed by atoms with E-state index in [9.17, 15) is 9.00 Å². The summed E-state index contributed by atoms with van der Waals surface area (Å²) in [6.45, 7) is 4.58. The lowest BCUT2D eigenvalue weighted by molar-refractivity contribution is 0.0713. The zero-order valence-corrected chi connectivity index (χ0v) is 18.6. The Balaban J connectivity index is 1.37. The van der Waals surface area contributed by atoms with Crippen molar-refractivity contribution in [3.05, 3.63) is 77.7 Å². The van der Waals surface area contributed by atoms with Gasteiger partial charge in [-0.1, -0.05) is 30.3 Å². The summed E-state index contributed by atoms with van der Waals surface area (Å²) in [6.07, 6.45) is 0. The van der Waals surface area contributed by atoms with E-state index >= 15 is 0 Å². The Bertz CT molecular complexity index is 1090. The summed E-state index contributed by atoms with van der Waals surface area (Å²) in [5, 5.41) is 0. The van der Waals surface area contributed by atoms with Crippen molar-refractivity contribution in [2.45, 2.75) is 17.6 Å². The van der Waals surface area contributed by atoms with E-state index in [0.717, 1.165) is 35.0 Å². The Hall–Kier alpha value is -3.06. The number of hydrogen-bond donors (Lipinski definition) is 0. The van der Waals surface area contributed by atoms with E-state index in [0.29, 0.717) is 24.6 Å². The van der Waals surface area contributed by atoms with Crippen LogP contribution in [0, 0.1) is 6.92 Å². The second kappa shape index (κ2) is 9.39. The molecule has 162 valence electrons. The molecule has 0 N–H and O–H groups in total. The van der Waals surface area contributed by atoms with Crippen LogP contribution in [0.1, 0.15) is 21.9 Å². The van der Waals surface area contributed by atoms with Crippen LogP contribution in [0.2, 0.25) is 0 Å². The van der Waals surface area contributed by atoms with Gasteiger partial charge in [0.15, 0.2) is 5.76 Å². The summed E-state index contributed by atoms with van der Waals surface area (Å²) < 4.78 is 23.9. The highest BCUT2D eigenvalue weighted by Crippen LogP contribution is 2.28. The molecule has 4 rings (SSSR count). The second-order valence-electron chi connectivity index (χ2n) is 7.47. The summed E-state index contributed by atoms with van der Waals surface area (Å²) in [4.78, 5) is 17.7. The van der Waals surface area contributed by atoms with Gasteiger partial charge in [0, 0.05) is 31.1 Å². The first kappa shape index (κ1) is 21.2. The highest BCUT2D eigenvalue weighted by atomic mass is 32.2. The number of nitrogens with zero attached hydrogens (tertiary/aromatic N) is 2. The van der Waals surface area contributed by atoms with E-state index in [1.807, 2.05) is 55.5 Å². The normalized spacial score (nSPS) is 15.0. The average Bonchev–Trinajstić information content (AvgIpc) is 3.27. The van der Waals surface area contributed by atoms with E-state index in [2.05, 4.69) is 4.90 Å². The van der Waals surface area contributed by atoms with Crippen LogP contribution < -0.4 is 9.64 Å². The summed E-state index contributed by atoms with van der Waals surface area (Å²) in [5.41, 5.74) is 2.02. The maximum Gasteiger partial charge on any atom is 0.289 e. The predicted molar refractivity (Wildman–Crippen MR) is 121 cm³/mol. The highest BCUT2D eigenvalue weighted by Gasteiger charge is 2.25. The van der Waals surface area contributed by atoms with Crippen molar-refractivity contribution >= 4 is 22.4 Å². The van der Waals surface area contributed by atoms with Gasteiger partial charge in [-0.15, -0.1) is 0 Å². The van der Waals surface area contributed by atoms with Crippen molar-refractivity contribution in [3.63, 3.8) is 0 Å². The molecular formula is C24H26N2O4S. The molecule has 0 bridgehead atoms. The van der Waals surface area contributed by atoms with Gasteiger partial charge in [0.2, 0.25) is 0 Å². The number of aryl methyl sites for hydroxylation is 1.